The van der Waals surface area contributed by atoms with Gasteiger partial charge in [-0.3, -0.25) is 4.90 Å². The molecular formula is C13H19N. The van der Waals surface area contributed by atoms with Crippen LogP contribution in [0.4, 0.5) is 0 Å². The van der Waals surface area contributed by atoms with Crippen molar-refractivity contribution in [1.29, 1.82) is 0 Å². The summed E-state index contributed by atoms with van der Waals surface area (Å²) < 4.78 is 0. The van der Waals surface area contributed by atoms with Crippen LogP contribution in [0.15, 0.2) is 35.5 Å². The molecule has 0 aromatic heterocycles. The molecule has 2 rings (SSSR count). The molecule has 0 saturated heterocycles. The van der Waals surface area contributed by atoms with Crippen molar-refractivity contribution in [3.8, 4) is 0 Å². The summed E-state index contributed by atoms with van der Waals surface area (Å²) in [4.78, 5) is 2.51. The topological polar surface area (TPSA) is 3.24 Å². The monoisotopic (exact) mass is 189 g/mol. The quantitative estimate of drug-likeness (QED) is 0.613. The van der Waals surface area contributed by atoms with Gasteiger partial charge in [-0.15, -0.1) is 0 Å². The average Bonchev–Trinajstić information content (AvgIpc) is 2.48. The Labute approximate surface area is 86.8 Å². The molecule has 0 aromatic rings. The highest BCUT2D eigenvalue weighted by Gasteiger charge is 2.21. The van der Waals surface area contributed by atoms with Crippen molar-refractivity contribution in [2.24, 2.45) is 5.92 Å². The Morgan fingerprint density at radius 2 is 1.64 bits per heavy atom. The first-order valence-corrected chi connectivity index (χ1v) is 5.49. The zero-order valence-electron chi connectivity index (χ0n) is 9.33. The molecule has 1 heterocycles. The highest BCUT2D eigenvalue weighted by atomic mass is 15.2. The van der Waals surface area contributed by atoms with Gasteiger partial charge in [0.05, 0.1) is 0 Å². The maximum atomic E-state index is 2.51. The molecule has 1 nitrogen and oxygen atoms in total. The Balaban J connectivity index is 2.15. The van der Waals surface area contributed by atoms with E-state index in [1.807, 2.05) is 0 Å². The molecule has 1 aliphatic heterocycles. The molecule has 1 heteroatoms. The summed E-state index contributed by atoms with van der Waals surface area (Å²) in [5.74, 6) is 0.591. The van der Waals surface area contributed by atoms with Gasteiger partial charge < -0.3 is 0 Å². The molecule has 1 aliphatic carbocycles. The van der Waals surface area contributed by atoms with Crippen molar-refractivity contribution in [2.75, 3.05) is 13.1 Å². The summed E-state index contributed by atoms with van der Waals surface area (Å²) >= 11 is 0. The third kappa shape index (κ3) is 1.83. The van der Waals surface area contributed by atoms with E-state index < -0.39 is 0 Å². The third-order valence-corrected chi connectivity index (χ3v) is 3.09. The lowest BCUT2D eigenvalue weighted by Crippen LogP contribution is -2.28. The molecule has 0 amide bonds. The molecule has 2 aliphatic rings. The highest BCUT2D eigenvalue weighted by Crippen LogP contribution is 2.24. The first-order valence-electron chi connectivity index (χ1n) is 5.49. The fourth-order valence-corrected chi connectivity index (χ4v) is 1.98. The molecule has 0 atom stereocenters. The Kier molecular flexibility index (Phi) is 2.60. The number of hydrogen-bond donors (Lipinski definition) is 0. The van der Waals surface area contributed by atoms with Crippen LogP contribution in [-0.4, -0.2) is 24.0 Å². The van der Waals surface area contributed by atoms with Crippen molar-refractivity contribution in [2.45, 2.75) is 26.8 Å². The van der Waals surface area contributed by atoms with E-state index in [9.17, 15) is 0 Å². The van der Waals surface area contributed by atoms with Gasteiger partial charge in [0.25, 0.3) is 0 Å². The van der Waals surface area contributed by atoms with Gasteiger partial charge in [0, 0.05) is 19.1 Å². The molecule has 76 valence electrons. The van der Waals surface area contributed by atoms with Crippen LogP contribution in [0.2, 0.25) is 0 Å². The van der Waals surface area contributed by atoms with Crippen LogP contribution in [-0.2, 0) is 0 Å². The second-order valence-corrected chi connectivity index (χ2v) is 4.63. The third-order valence-electron chi connectivity index (χ3n) is 3.09. The van der Waals surface area contributed by atoms with Crippen LogP contribution < -0.4 is 0 Å². The Bertz CT molecular complexity index is 281. The van der Waals surface area contributed by atoms with E-state index in [4.69, 9.17) is 0 Å². The smallest absolute Gasteiger partial charge is 0.0243 e. The van der Waals surface area contributed by atoms with E-state index in [-0.39, 0.29) is 0 Å². The van der Waals surface area contributed by atoms with Gasteiger partial charge in [-0.2, -0.15) is 0 Å². The Hall–Kier alpha value is -0.820. The van der Waals surface area contributed by atoms with Gasteiger partial charge in [-0.25, -0.2) is 0 Å². The summed E-state index contributed by atoms with van der Waals surface area (Å²) in [7, 11) is 0. The Morgan fingerprint density at radius 1 is 1.14 bits per heavy atom. The van der Waals surface area contributed by atoms with Crippen LogP contribution in [0.3, 0.4) is 0 Å². The number of nitrogens with zero attached hydrogens (tertiary/aromatic N) is 1. The normalized spacial score (nSPS) is 23.4. The second kappa shape index (κ2) is 3.74. The molecule has 0 radical (unpaired) electrons. The zero-order chi connectivity index (χ0) is 10.1. The SMILES string of the molecule is CC1C=CC2=C(C=C1)CN(C(C)C)C2. The summed E-state index contributed by atoms with van der Waals surface area (Å²) in [5, 5.41) is 0. The van der Waals surface area contributed by atoms with Crippen molar-refractivity contribution in [3.63, 3.8) is 0 Å². The van der Waals surface area contributed by atoms with Crippen LogP contribution in [0.5, 0.6) is 0 Å². The van der Waals surface area contributed by atoms with E-state index in [0.29, 0.717) is 12.0 Å². The van der Waals surface area contributed by atoms with Crippen LogP contribution in [0.25, 0.3) is 0 Å². The minimum absolute atomic E-state index is 0.591. The standard InChI is InChI=1S/C13H19N/c1-10(2)14-8-12-6-4-11(3)5-7-13(12)9-14/h4-7,10-11H,8-9H2,1-3H3. The van der Waals surface area contributed by atoms with E-state index in [1.54, 1.807) is 0 Å². The molecule has 14 heavy (non-hydrogen) atoms. The summed E-state index contributed by atoms with van der Waals surface area (Å²) in [6.45, 7) is 9.02. The van der Waals surface area contributed by atoms with E-state index in [1.165, 1.54) is 11.1 Å². The van der Waals surface area contributed by atoms with Gasteiger partial charge in [-0.1, -0.05) is 31.2 Å². The van der Waals surface area contributed by atoms with Crippen molar-refractivity contribution < 1.29 is 0 Å². The maximum Gasteiger partial charge on any atom is 0.0243 e. The molecule has 0 fully saturated rings. The van der Waals surface area contributed by atoms with Crippen molar-refractivity contribution >= 4 is 0 Å². The van der Waals surface area contributed by atoms with Crippen LogP contribution >= 0.6 is 0 Å². The van der Waals surface area contributed by atoms with Gasteiger partial charge in [-0.05, 0) is 30.9 Å². The van der Waals surface area contributed by atoms with Gasteiger partial charge in [0.1, 0.15) is 0 Å². The Morgan fingerprint density at radius 3 is 2.07 bits per heavy atom. The molecule has 0 aromatic carbocycles. The highest BCUT2D eigenvalue weighted by molar-refractivity contribution is 5.41. The van der Waals surface area contributed by atoms with Crippen LogP contribution in [0.1, 0.15) is 20.8 Å². The predicted octanol–water partition coefficient (Wildman–Crippen LogP) is 2.77. The predicted molar refractivity (Wildman–Crippen MR) is 61.2 cm³/mol. The molecule has 0 bridgehead atoms. The van der Waals surface area contributed by atoms with E-state index >= 15 is 0 Å². The van der Waals surface area contributed by atoms with E-state index in [0.717, 1.165) is 13.1 Å². The molecule has 0 unspecified atom stereocenters. The summed E-state index contributed by atoms with van der Waals surface area (Å²) in [6, 6.07) is 0.654. The van der Waals surface area contributed by atoms with E-state index in [2.05, 4.69) is 50.0 Å². The van der Waals surface area contributed by atoms with Crippen molar-refractivity contribution in [1.82, 2.24) is 4.90 Å². The lowest BCUT2D eigenvalue weighted by molar-refractivity contribution is 0.283. The molecule has 0 saturated carbocycles. The largest absolute Gasteiger partial charge is 0.292 e. The van der Waals surface area contributed by atoms with Gasteiger partial charge in [0.2, 0.25) is 0 Å². The average molecular weight is 189 g/mol. The zero-order valence-corrected chi connectivity index (χ0v) is 9.33. The summed E-state index contributed by atoms with van der Waals surface area (Å²) in [6.07, 6.45) is 9.20. The first kappa shape index (κ1) is 9.72. The van der Waals surface area contributed by atoms with Gasteiger partial charge in [0.15, 0.2) is 0 Å². The minimum Gasteiger partial charge on any atom is -0.292 e. The second-order valence-electron chi connectivity index (χ2n) is 4.63. The lowest BCUT2D eigenvalue weighted by atomic mass is 10.1. The fourth-order valence-electron chi connectivity index (χ4n) is 1.98. The maximum absolute atomic E-state index is 2.51. The lowest BCUT2D eigenvalue weighted by Gasteiger charge is -2.20. The fraction of sp³-hybridized carbons (Fsp3) is 0.538. The van der Waals surface area contributed by atoms with Crippen LogP contribution in [0, 0.1) is 5.92 Å². The first-order chi connectivity index (χ1) is 6.66. The molecule has 0 N–H and O–H groups in total. The number of hydrogen-bond acceptors (Lipinski definition) is 1. The number of allylic oxidation sites excluding steroid dienone is 2. The minimum atomic E-state index is 0.591. The number of rotatable bonds is 1. The molecule has 0 spiro atoms. The summed E-state index contributed by atoms with van der Waals surface area (Å²) in [5.41, 5.74) is 3.03. The van der Waals surface area contributed by atoms with Crippen molar-refractivity contribution in [3.05, 3.63) is 35.5 Å². The molecular weight excluding hydrogens is 170 g/mol. The van der Waals surface area contributed by atoms with Gasteiger partial charge >= 0.3 is 0 Å².